The van der Waals surface area contributed by atoms with Gasteiger partial charge >= 0.3 is 11.9 Å². The van der Waals surface area contributed by atoms with E-state index in [0.717, 1.165) is 25.7 Å². The first-order valence-corrected chi connectivity index (χ1v) is 9.56. The summed E-state index contributed by atoms with van der Waals surface area (Å²) in [6, 6.07) is 3.82. The summed E-state index contributed by atoms with van der Waals surface area (Å²) >= 11 is 3.13. The van der Waals surface area contributed by atoms with Crippen LogP contribution in [-0.2, 0) is 14.3 Å². The Morgan fingerprint density at radius 2 is 1.88 bits per heavy atom. The van der Waals surface area contributed by atoms with Crippen molar-refractivity contribution >= 4 is 27.9 Å². The van der Waals surface area contributed by atoms with E-state index in [0.29, 0.717) is 23.4 Å². The van der Waals surface area contributed by atoms with Gasteiger partial charge in [0.2, 0.25) is 0 Å². The van der Waals surface area contributed by atoms with Gasteiger partial charge in [-0.3, -0.25) is 9.59 Å². The summed E-state index contributed by atoms with van der Waals surface area (Å²) in [4.78, 5) is 23.5. The zero-order chi connectivity index (χ0) is 18.7. The van der Waals surface area contributed by atoms with Crippen LogP contribution in [0, 0.1) is 11.7 Å². The SMILES string of the molecule is CCCCC(CC)COC(=O)CCCC(=O)Oc1ccc(F)cc1Br. The van der Waals surface area contributed by atoms with E-state index < -0.39 is 11.8 Å². The summed E-state index contributed by atoms with van der Waals surface area (Å²) in [7, 11) is 0. The largest absolute Gasteiger partial charge is 0.465 e. The molecule has 1 aromatic carbocycles. The second-order valence-electron chi connectivity index (χ2n) is 6.00. The number of carbonyl (C=O) groups is 2. The highest BCUT2D eigenvalue weighted by Gasteiger charge is 2.12. The van der Waals surface area contributed by atoms with Crippen LogP contribution in [0.3, 0.4) is 0 Å². The molecule has 0 bridgehead atoms. The maximum Gasteiger partial charge on any atom is 0.311 e. The fraction of sp³-hybridized carbons (Fsp3) is 0.579. The molecule has 6 heteroatoms. The number of esters is 2. The molecule has 0 amide bonds. The zero-order valence-corrected chi connectivity index (χ0v) is 16.4. The normalized spacial score (nSPS) is 11.8. The average Bonchev–Trinajstić information content (AvgIpc) is 2.57. The van der Waals surface area contributed by atoms with Gasteiger partial charge in [-0.2, -0.15) is 0 Å². The molecule has 0 aromatic heterocycles. The van der Waals surface area contributed by atoms with Crippen LogP contribution in [0.5, 0.6) is 5.75 Å². The van der Waals surface area contributed by atoms with Crippen LogP contribution in [0.1, 0.15) is 58.8 Å². The molecule has 1 rings (SSSR count). The molecular weight excluding hydrogens is 391 g/mol. The van der Waals surface area contributed by atoms with E-state index in [1.807, 2.05) is 0 Å². The molecule has 4 nitrogen and oxygen atoms in total. The Morgan fingerprint density at radius 3 is 2.52 bits per heavy atom. The lowest BCUT2D eigenvalue weighted by Gasteiger charge is -2.14. The maximum absolute atomic E-state index is 13.0. The maximum atomic E-state index is 13.0. The van der Waals surface area contributed by atoms with E-state index in [2.05, 4.69) is 29.8 Å². The van der Waals surface area contributed by atoms with Crippen molar-refractivity contribution in [2.75, 3.05) is 6.61 Å². The molecule has 0 fully saturated rings. The van der Waals surface area contributed by atoms with Crippen LogP contribution in [0.4, 0.5) is 4.39 Å². The van der Waals surface area contributed by atoms with Gasteiger partial charge in [0, 0.05) is 12.8 Å². The number of rotatable bonds is 11. The minimum Gasteiger partial charge on any atom is -0.465 e. The number of ether oxygens (including phenoxy) is 2. The van der Waals surface area contributed by atoms with Gasteiger partial charge in [0.25, 0.3) is 0 Å². The van der Waals surface area contributed by atoms with E-state index in [4.69, 9.17) is 9.47 Å². The Labute approximate surface area is 157 Å². The highest BCUT2D eigenvalue weighted by Crippen LogP contribution is 2.26. The van der Waals surface area contributed by atoms with Crippen molar-refractivity contribution in [1.29, 1.82) is 0 Å². The van der Waals surface area contributed by atoms with Crippen molar-refractivity contribution in [3.8, 4) is 5.75 Å². The summed E-state index contributed by atoms with van der Waals surface area (Å²) < 4.78 is 23.8. The minimum absolute atomic E-state index is 0.103. The molecule has 0 heterocycles. The van der Waals surface area contributed by atoms with Gasteiger partial charge in [-0.1, -0.05) is 33.1 Å². The molecule has 0 saturated heterocycles. The van der Waals surface area contributed by atoms with Crippen molar-refractivity contribution < 1.29 is 23.5 Å². The topological polar surface area (TPSA) is 52.6 Å². The quantitative estimate of drug-likeness (QED) is 0.356. The summed E-state index contributed by atoms with van der Waals surface area (Å²) in [5.41, 5.74) is 0. The van der Waals surface area contributed by atoms with Crippen molar-refractivity contribution in [3.05, 3.63) is 28.5 Å². The number of halogens is 2. The molecule has 1 unspecified atom stereocenters. The molecule has 0 radical (unpaired) electrons. The zero-order valence-electron chi connectivity index (χ0n) is 14.9. The van der Waals surface area contributed by atoms with Crippen LogP contribution in [0.15, 0.2) is 22.7 Å². The van der Waals surface area contributed by atoms with Gasteiger partial charge in [0.05, 0.1) is 11.1 Å². The van der Waals surface area contributed by atoms with Gasteiger partial charge < -0.3 is 9.47 Å². The summed E-state index contributed by atoms with van der Waals surface area (Å²) in [5, 5.41) is 0. The summed E-state index contributed by atoms with van der Waals surface area (Å²) in [6.45, 7) is 4.68. The predicted octanol–water partition coefficient (Wildman–Crippen LogP) is 5.42. The smallest absolute Gasteiger partial charge is 0.311 e. The molecule has 0 saturated carbocycles. The predicted molar refractivity (Wildman–Crippen MR) is 97.9 cm³/mol. The van der Waals surface area contributed by atoms with Gasteiger partial charge in [0.1, 0.15) is 11.6 Å². The van der Waals surface area contributed by atoms with E-state index >= 15 is 0 Å². The molecule has 0 N–H and O–H groups in total. The third-order valence-corrected chi connectivity index (χ3v) is 4.52. The highest BCUT2D eigenvalue weighted by atomic mass is 79.9. The third-order valence-electron chi connectivity index (χ3n) is 3.90. The third kappa shape index (κ3) is 9.00. The summed E-state index contributed by atoms with van der Waals surface area (Å²) in [6.07, 6.45) is 4.99. The molecule has 0 spiro atoms. The first-order chi connectivity index (χ1) is 12.0. The van der Waals surface area contributed by atoms with E-state index in [1.165, 1.54) is 18.2 Å². The second-order valence-corrected chi connectivity index (χ2v) is 6.86. The van der Waals surface area contributed by atoms with Crippen LogP contribution in [0.25, 0.3) is 0 Å². The number of hydrogen-bond donors (Lipinski definition) is 0. The lowest BCUT2D eigenvalue weighted by molar-refractivity contribution is -0.145. The standard InChI is InChI=1S/C19H26BrFO4/c1-3-5-7-14(4-2)13-24-18(22)8-6-9-19(23)25-17-11-10-15(21)12-16(17)20/h10-12,14H,3-9,13H2,1-2H3. The van der Waals surface area contributed by atoms with Gasteiger partial charge in [-0.25, -0.2) is 4.39 Å². The van der Waals surface area contributed by atoms with Gasteiger partial charge in [-0.05, 0) is 52.9 Å². The number of benzene rings is 1. The van der Waals surface area contributed by atoms with E-state index in [-0.39, 0.29) is 24.6 Å². The minimum atomic E-state index is -0.463. The van der Waals surface area contributed by atoms with Crippen molar-refractivity contribution in [3.63, 3.8) is 0 Å². The van der Waals surface area contributed by atoms with E-state index in [1.54, 1.807) is 0 Å². The second kappa shape index (κ2) is 12.0. The molecule has 0 aliphatic carbocycles. The molecule has 140 valence electrons. The Bertz CT molecular complexity index is 562. The van der Waals surface area contributed by atoms with Crippen LogP contribution in [-0.4, -0.2) is 18.5 Å². The Morgan fingerprint density at radius 1 is 1.16 bits per heavy atom. The number of carbonyl (C=O) groups excluding carboxylic acids is 2. The highest BCUT2D eigenvalue weighted by molar-refractivity contribution is 9.10. The van der Waals surface area contributed by atoms with Crippen molar-refractivity contribution in [2.24, 2.45) is 5.92 Å². The first kappa shape index (κ1) is 21.6. The Hall–Kier alpha value is -1.43. The molecular formula is C19H26BrFO4. The Balaban J connectivity index is 2.24. The van der Waals surface area contributed by atoms with Crippen molar-refractivity contribution in [2.45, 2.75) is 58.8 Å². The van der Waals surface area contributed by atoms with Crippen molar-refractivity contribution in [1.82, 2.24) is 0 Å². The molecule has 1 atom stereocenters. The fourth-order valence-corrected chi connectivity index (χ4v) is 2.72. The number of hydrogen-bond acceptors (Lipinski definition) is 4. The average molecular weight is 417 g/mol. The molecule has 25 heavy (non-hydrogen) atoms. The number of unbranched alkanes of at least 4 members (excludes halogenated alkanes) is 1. The lowest BCUT2D eigenvalue weighted by atomic mass is 10.0. The first-order valence-electron chi connectivity index (χ1n) is 8.77. The van der Waals surface area contributed by atoms with Gasteiger partial charge in [-0.15, -0.1) is 0 Å². The fourth-order valence-electron chi connectivity index (χ4n) is 2.29. The van der Waals surface area contributed by atoms with Crippen LogP contribution < -0.4 is 4.74 Å². The Kier molecular flexibility index (Phi) is 10.4. The summed E-state index contributed by atoms with van der Waals surface area (Å²) in [5.74, 6) is -0.501. The van der Waals surface area contributed by atoms with E-state index in [9.17, 15) is 14.0 Å². The van der Waals surface area contributed by atoms with Crippen LogP contribution in [0.2, 0.25) is 0 Å². The lowest BCUT2D eigenvalue weighted by Crippen LogP contribution is -2.14. The van der Waals surface area contributed by atoms with Crippen LogP contribution >= 0.6 is 15.9 Å². The molecule has 1 aromatic rings. The molecule has 0 aliphatic heterocycles. The monoisotopic (exact) mass is 416 g/mol. The molecule has 0 aliphatic rings. The van der Waals surface area contributed by atoms with Gasteiger partial charge in [0.15, 0.2) is 0 Å².